The van der Waals surface area contributed by atoms with Crippen molar-refractivity contribution in [1.29, 1.82) is 0 Å². The number of methoxy groups -OCH3 is 6. The van der Waals surface area contributed by atoms with Gasteiger partial charge in [0.25, 0.3) is 0 Å². The van der Waals surface area contributed by atoms with Gasteiger partial charge in [-0.1, -0.05) is 30.0 Å². The minimum atomic E-state index is -0.400. The molecule has 10 heteroatoms. The van der Waals surface area contributed by atoms with Gasteiger partial charge in [-0.3, -0.25) is 4.79 Å². The number of carbonyl (C=O) groups excluding carboxylic acids is 1. The Kier molecular flexibility index (Phi) is 10.6. The van der Waals surface area contributed by atoms with Crippen molar-refractivity contribution in [2.75, 3.05) is 42.7 Å². The molecule has 0 radical (unpaired) electrons. The number of ketones is 1. The van der Waals surface area contributed by atoms with Crippen molar-refractivity contribution in [1.82, 2.24) is 0 Å². The Morgan fingerprint density at radius 3 is 1.66 bits per heavy atom. The first kappa shape index (κ1) is 37.1. The Balaban J connectivity index is 1.33. The van der Waals surface area contributed by atoms with Crippen molar-refractivity contribution < 1.29 is 47.5 Å². The molecule has 10 nitrogen and oxygen atoms in total. The maximum Gasteiger partial charge on any atom is 0.365 e. The first-order valence-corrected chi connectivity index (χ1v) is 17.5. The molecule has 0 saturated heterocycles. The summed E-state index contributed by atoms with van der Waals surface area (Å²) in [5, 5.41) is 13.8. The maximum absolute atomic E-state index is 13.8. The van der Waals surface area contributed by atoms with Crippen LogP contribution in [0, 0.1) is 0 Å². The van der Waals surface area contributed by atoms with E-state index >= 15 is 0 Å². The Morgan fingerprint density at radius 2 is 1.09 bits per heavy atom. The van der Waals surface area contributed by atoms with Crippen LogP contribution < -0.4 is 33.5 Å². The highest BCUT2D eigenvalue weighted by Gasteiger charge is 2.29. The zero-order valence-electron chi connectivity index (χ0n) is 31.6. The average molecular weight is 751 g/mol. The van der Waals surface area contributed by atoms with E-state index in [0.717, 1.165) is 0 Å². The summed E-state index contributed by atoms with van der Waals surface area (Å²) in [6.45, 7) is 0. The molecule has 0 unspecified atom stereocenters. The van der Waals surface area contributed by atoms with Crippen molar-refractivity contribution in [3.63, 3.8) is 0 Å². The van der Waals surface area contributed by atoms with E-state index in [-0.39, 0.29) is 11.1 Å². The van der Waals surface area contributed by atoms with E-state index in [9.17, 15) is 9.90 Å². The highest BCUT2D eigenvalue weighted by Crippen LogP contribution is 2.41. The van der Waals surface area contributed by atoms with Crippen molar-refractivity contribution in [2.24, 2.45) is 0 Å². The van der Waals surface area contributed by atoms with E-state index in [2.05, 4.69) is 0 Å². The Hall–Kier alpha value is -7.20. The van der Waals surface area contributed by atoms with Gasteiger partial charge in [-0.15, -0.1) is 0 Å². The van der Waals surface area contributed by atoms with Gasteiger partial charge in [0.1, 0.15) is 51.6 Å². The fourth-order valence-corrected chi connectivity index (χ4v) is 6.39. The van der Waals surface area contributed by atoms with Crippen molar-refractivity contribution in [3.05, 3.63) is 154 Å². The van der Waals surface area contributed by atoms with E-state index in [4.69, 9.17) is 37.6 Å². The van der Waals surface area contributed by atoms with Crippen LogP contribution >= 0.6 is 0 Å². The van der Waals surface area contributed by atoms with Gasteiger partial charge in [0.2, 0.25) is 0 Å². The van der Waals surface area contributed by atoms with Gasteiger partial charge >= 0.3 is 11.5 Å². The van der Waals surface area contributed by atoms with Gasteiger partial charge in [0, 0.05) is 28.8 Å². The van der Waals surface area contributed by atoms with E-state index < -0.39 is 11.5 Å². The molecule has 0 bridgehead atoms. The summed E-state index contributed by atoms with van der Waals surface area (Å²) in [6, 6.07) is 29.1. The molecule has 0 amide bonds. The normalized spacial score (nSPS) is 15.1. The second-order valence-electron chi connectivity index (χ2n) is 12.6. The molecule has 56 heavy (non-hydrogen) atoms. The van der Waals surface area contributed by atoms with Gasteiger partial charge < -0.3 is 38.3 Å². The number of Topliss-reactive ketones (excluding diaryl/α,β-unsaturated/α-hetero) is 1. The molecule has 7 rings (SSSR count). The minimum Gasteiger partial charge on any atom is -0.871 e. The summed E-state index contributed by atoms with van der Waals surface area (Å²) < 4.78 is 46.1. The second-order valence-corrected chi connectivity index (χ2v) is 12.6. The highest BCUT2D eigenvalue weighted by molar-refractivity contribution is 6.23. The number of hydrogen-bond donors (Lipinski definition) is 0. The topological polar surface area (TPSA) is 116 Å². The molecule has 1 aromatic heterocycles. The predicted molar refractivity (Wildman–Crippen MR) is 211 cm³/mol. The number of ether oxygens (including phenoxy) is 7. The molecule has 4 aromatic carbocycles. The smallest absolute Gasteiger partial charge is 0.365 e. The Bertz CT molecular complexity index is 2460. The lowest BCUT2D eigenvalue weighted by Gasteiger charge is -2.29. The fourth-order valence-electron chi connectivity index (χ4n) is 6.39. The van der Waals surface area contributed by atoms with E-state index in [1.165, 1.54) is 0 Å². The van der Waals surface area contributed by atoms with Crippen LogP contribution in [0.15, 0.2) is 142 Å². The zero-order chi connectivity index (χ0) is 39.3. The number of allylic oxidation sites excluding steroid dienone is 6. The molecule has 2 aliphatic rings. The number of para-hydroxylation sites is 2. The van der Waals surface area contributed by atoms with Gasteiger partial charge in [-0.05, 0) is 84.0 Å². The van der Waals surface area contributed by atoms with Crippen LogP contribution in [0.25, 0.3) is 40.2 Å². The molecule has 0 fully saturated rings. The van der Waals surface area contributed by atoms with Crippen molar-refractivity contribution in [2.45, 2.75) is 0 Å². The highest BCUT2D eigenvalue weighted by atomic mass is 16.5. The van der Waals surface area contributed by atoms with Crippen LogP contribution in [0.1, 0.15) is 16.7 Å². The molecule has 2 heterocycles. The summed E-state index contributed by atoms with van der Waals surface area (Å²) in [6.07, 6.45) is 6.67. The predicted octanol–water partition coefficient (Wildman–Crippen LogP) is 8.57. The second kappa shape index (κ2) is 16.0. The van der Waals surface area contributed by atoms with Gasteiger partial charge in [0.15, 0.2) is 5.78 Å². The quantitative estimate of drug-likeness (QED) is 0.0907. The first-order valence-electron chi connectivity index (χ1n) is 17.5. The lowest BCUT2D eigenvalue weighted by atomic mass is 9.85. The first-order chi connectivity index (χ1) is 27.2. The van der Waals surface area contributed by atoms with E-state index in [0.29, 0.717) is 90.9 Å². The third kappa shape index (κ3) is 7.45. The number of rotatable bonds is 12. The van der Waals surface area contributed by atoms with Crippen LogP contribution in [-0.4, -0.2) is 48.4 Å². The third-order valence-corrected chi connectivity index (χ3v) is 9.25. The largest absolute Gasteiger partial charge is 0.871 e. The molecule has 5 aromatic rings. The molecule has 282 valence electrons. The zero-order valence-corrected chi connectivity index (χ0v) is 31.6. The van der Waals surface area contributed by atoms with Crippen LogP contribution in [0.3, 0.4) is 0 Å². The molecular formula is C46H38O10. The summed E-state index contributed by atoms with van der Waals surface area (Å²) >= 11 is 0. The minimum absolute atomic E-state index is 0.0333. The standard InChI is InChI=1S/C46H38O10/c1-49-31-21-29(22-32(25-31)50-2)41-17-27(19-43(55-41)35-11-7-9-13-39(35)53-5)15-37-45(47)38(46(37)48)16-28-18-42(30-23-33(51-3)26-34(24-30)52-4)56-44(20-28)36-12-8-10-14-40(36)54-6/h7-26H,1-6H3. The third-order valence-electron chi connectivity index (χ3n) is 9.25. The van der Waals surface area contributed by atoms with Crippen LogP contribution in [-0.2, 0) is 9.53 Å². The lowest BCUT2D eigenvalue weighted by molar-refractivity contribution is -0.300. The summed E-state index contributed by atoms with van der Waals surface area (Å²) in [4.78, 5) is 13.8. The van der Waals surface area contributed by atoms with Crippen LogP contribution in [0.5, 0.6) is 34.5 Å². The number of hydrogen-bond acceptors (Lipinski definition) is 9. The Morgan fingerprint density at radius 1 is 0.571 bits per heavy atom. The van der Waals surface area contributed by atoms with Crippen molar-refractivity contribution >= 4 is 23.4 Å². The molecule has 1 aliphatic carbocycles. The van der Waals surface area contributed by atoms with Gasteiger partial charge in [0.05, 0.1) is 65.9 Å². The summed E-state index contributed by atoms with van der Waals surface area (Å²) in [7, 11) is 9.42. The number of carbonyl (C=O) groups is 1. The number of benzene rings is 4. The molecule has 0 N–H and O–H groups in total. The molecule has 1 aliphatic heterocycles. The van der Waals surface area contributed by atoms with Crippen LogP contribution in [0.4, 0.5) is 0 Å². The monoisotopic (exact) mass is 750 g/mol. The SMILES string of the molecule is COc1cc(OC)cc(C2=CC(=CC3=C([O-])C(=Cc4cc(-c5cc(OC)cc(OC)c5)[o+]c(-c5ccccc5OC)c4)C3=O)C=C(c3ccccc3OC)O2)c1. The molecule has 0 saturated carbocycles. The summed E-state index contributed by atoms with van der Waals surface area (Å²) in [5.41, 5.74) is 3.89. The van der Waals surface area contributed by atoms with Gasteiger partial charge in [-0.2, -0.15) is 0 Å². The molecule has 0 atom stereocenters. The average Bonchev–Trinajstić information content (AvgIpc) is 3.26. The lowest BCUT2D eigenvalue weighted by Crippen LogP contribution is -2.29. The Labute approximate surface area is 324 Å². The van der Waals surface area contributed by atoms with Gasteiger partial charge in [-0.25, -0.2) is 4.42 Å². The van der Waals surface area contributed by atoms with Crippen LogP contribution in [0.2, 0.25) is 0 Å². The van der Waals surface area contributed by atoms with E-state index in [1.807, 2.05) is 72.8 Å². The maximum atomic E-state index is 13.8. The molecular weight excluding hydrogens is 712 g/mol. The van der Waals surface area contributed by atoms with Crippen molar-refractivity contribution in [3.8, 4) is 57.1 Å². The fraction of sp³-hybridized carbons (Fsp3) is 0.130. The summed E-state index contributed by atoms with van der Waals surface area (Å²) in [5.74, 6) is 4.45. The molecule has 0 spiro atoms. The van der Waals surface area contributed by atoms with E-state index in [1.54, 1.807) is 91.2 Å².